The SMILES string of the molecule is CC(F)(F)C(=O)Nc1c(F)ccc(NC(=O)c2ccccc2)c1F. The van der Waals surface area contributed by atoms with Gasteiger partial charge in [-0.15, -0.1) is 0 Å². The van der Waals surface area contributed by atoms with Crippen molar-refractivity contribution in [3.8, 4) is 0 Å². The van der Waals surface area contributed by atoms with Crippen molar-refractivity contribution in [2.45, 2.75) is 12.8 Å². The van der Waals surface area contributed by atoms with Gasteiger partial charge in [0.1, 0.15) is 11.5 Å². The lowest BCUT2D eigenvalue weighted by atomic mass is 10.2. The topological polar surface area (TPSA) is 58.2 Å². The number of amides is 2. The van der Waals surface area contributed by atoms with E-state index in [0.717, 1.165) is 12.1 Å². The Kier molecular flexibility index (Phi) is 4.87. The molecule has 2 amide bonds. The number of hydrogen-bond donors (Lipinski definition) is 2. The summed E-state index contributed by atoms with van der Waals surface area (Å²) in [5.41, 5.74) is -1.31. The first-order chi connectivity index (χ1) is 11.2. The summed E-state index contributed by atoms with van der Waals surface area (Å²) in [4.78, 5) is 23.2. The second-order valence-corrected chi connectivity index (χ2v) is 4.95. The van der Waals surface area contributed by atoms with Crippen molar-refractivity contribution >= 4 is 23.2 Å². The lowest BCUT2D eigenvalue weighted by Crippen LogP contribution is -2.32. The highest BCUT2D eigenvalue weighted by atomic mass is 19.3. The van der Waals surface area contributed by atoms with Crippen LogP contribution in [0.3, 0.4) is 0 Å². The van der Waals surface area contributed by atoms with Gasteiger partial charge >= 0.3 is 5.92 Å². The van der Waals surface area contributed by atoms with E-state index in [1.807, 2.05) is 0 Å². The first-order valence-corrected chi connectivity index (χ1v) is 6.74. The van der Waals surface area contributed by atoms with Crippen LogP contribution in [0.15, 0.2) is 42.5 Å². The van der Waals surface area contributed by atoms with Gasteiger partial charge in [0.15, 0.2) is 5.82 Å². The molecular formula is C16H12F4N2O2. The van der Waals surface area contributed by atoms with Crippen LogP contribution in [0.1, 0.15) is 17.3 Å². The van der Waals surface area contributed by atoms with Gasteiger partial charge in [0, 0.05) is 12.5 Å². The number of carbonyl (C=O) groups excluding carboxylic acids is 2. The van der Waals surface area contributed by atoms with E-state index >= 15 is 0 Å². The molecule has 0 saturated heterocycles. The van der Waals surface area contributed by atoms with Gasteiger partial charge < -0.3 is 10.6 Å². The van der Waals surface area contributed by atoms with E-state index in [1.54, 1.807) is 18.2 Å². The van der Waals surface area contributed by atoms with Gasteiger partial charge in [-0.2, -0.15) is 8.78 Å². The van der Waals surface area contributed by atoms with Crippen molar-refractivity contribution in [3.05, 3.63) is 59.7 Å². The number of alkyl halides is 2. The molecular weight excluding hydrogens is 328 g/mol. The Labute approximate surface area is 134 Å². The molecule has 8 heteroatoms. The first-order valence-electron chi connectivity index (χ1n) is 6.74. The van der Waals surface area contributed by atoms with Gasteiger partial charge in [-0.1, -0.05) is 18.2 Å². The second kappa shape index (κ2) is 6.69. The summed E-state index contributed by atoms with van der Waals surface area (Å²) in [6, 6.07) is 9.45. The predicted octanol–water partition coefficient (Wildman–Crippen LogP) is 3.81. The Morgan fingerprint density at radius 1 is 0.958 bits per heavy atom. The minimum Gasteiger partial charge on any atom is -0.319 e. The minimum atomic E-state index is -3.82. The van der Waals surface area contributed by atoms with Crippen LogP contribution >= 0.6 is 0 Å². The number of anilines is 2. The van der Waals surface area contributed by atoms with E-state index in [0.29, 0.717) is 6.92 Å². The van der Waals surface area contributed by atoms with Gasteiger partial charge in [-0.3, -0.25) is 9.59 Å². The average molecular weight is 340 g/mol. The number of carbonyl (C=O) groups is 2. The molecule has 126 valence electrons. The van der Waals surface area contributed by atoms with Crippen LogP contribution in [0.25, 0.3) is 0 Å². The molecule has 0 atom stereocenters. The van der Waals surface area contributed by atoms with E-state index < -0.39 is 40.7 Å². The highest BCUT2D eigenvalue weighted by molar-refractivity contribution is 6.05. The molecule has 2 aromatic rings. The fourth-order valence-corrected chi connectivity index (χ4v) is 1.77. The van der Waals surface area contributed by atoms with Gasteiger partial charge in [-0.05, 0) is 24.3 Å². The average Bonchev–Trinajstić information content (AvgIpc) is 2.53. The summed E-state index contributed by atoms with van der Waals surface area (Å²) in [5, 5.41) is 3.67. The Bertz CT molecular complexity index is 774. The Hall–Kier alpha value is -2.90. The summed E-state index contributed by atoms with van der Waals surface area (Å²) >= 11 is 0. The molecule has 4 nitrogen and oxygen atoms in total. The summed E-state index contributed by atoms with van der Waals surface area (Å²) in [6.07, 6.45) is 0. The standard InChI is InChI=1S/C16H12F4N2O2/c1-16(19,20)15(24)22-13-10(17)7-8-11(12(13)18)21-14(23)9-5-3-2-4-6-9/h2-8H,1H3,(H,21,23)(H,22,24). The molecule has 0 aliphatic carbocycles. The third-order valence-electron chi connectivity index (χ3n) is 3.01. The highest BCUT2D eigenvalue weighted by Gasteiger charge is 2.33. The lowest BCUT2D eigenvalue weighted by Gasteiger charge is -2.14. The van der Waals surface area contributed by atoms with Crippen molar-refractivity contribution in [1.29, 1.82) is 0 Å². The van der Waals surface area contributed by atoms with Crippen LogP contribution in [0, 0.1) is 11.6 Å². The zero-order valence-electron chi connectivity index (χ0n) is 12.4. The molecule has 0 bridgehead atoms. The molecule has 0 aliphatic heterocycles. The van der Waals surface area contributed by atoms with Gasteiger partial charge in [0.05, 0.1) is 5.69 Å². The van der Waals surface area contributed by atoms with Crippen molar-refractivity contribution in [1.82, 2.24) is 0 Å². The van der Waals surface area contributed by atoms with E-state index in [9.17, 15) is 27.2 Å². The van der Waals surface area contributed by atoms with Crippen LogP contribution in [0.2, 0.25) is 0 Å². The Morgan fingerprint density at radius 3 is 2.17 bits per heavy atom. The first kappa shape index (κ1) is 17.5. The molecule has 0 radical (unpaired) electrons. The maximum absolute atomic E-state index is 14.2. The van der Waals surface area contributed by atoms with Crippen LogP contribution in [0.5, 0.6) is 0 Å². The zero-order valence-corrected chi connectivity index (χ0v) is 12.4. The normalized spacial score (nSPS) is 11.0. The van der Waals surface area contributed by atoms with Crippen molar-refractivity contribution < 1.29 is 27.2 Å². The van der Waals surface area contributed by atoms with Crippen molar-refractivity contribution in [2.75, 3.05) is 10.6 Å². The van der Waals surface area contributed by atoms with Crippen LogP contribution in [-0.2, 0) is 4.79 Å². The van der Waals surface area contributed by atoms with E-state index in [-0.39, 0.29) is 5.56 Å². The number of benzene rings is 2. The third kappa shape index (κ3) is 3.89. The fourth-order valence-electron chi connectivity index (χ4n) is 1.77. The molecule has 0 fully saturated rings. The van der Waals surface area contributed by atoms with Crippen LogP contribution in [0.4, 0.5) is 28.9 Å². The number of nitrogens with one attached hydrogen (secondary N) is 2. The number of rotatable bonds is 4. The van der Waals surface area contributed by atoms with E-state index in [1.165, 1.54) is 17.4 Å². The third-order valence-corrected chi connectivity index (χ3v) is 3.01. The Morgan fingerprint density at radius 2 is 1.58 bits per heavy atom. The van der Waals surface area contributed by atoms with Gasteiger partial charge in [0.2, 0.25) is 0 Å². The summed E-state index contributed by atoms with van der Waals surface area (Å²) in [5.74, 6) is -8.98. The maximum Gasteiger partial charge on any atom is 0.322 e. The van der Waals surface area contributed by atoms with Crippen LogP contribution < -0.4 is 10.6 Å². The molecule has 2 rings (SSSR count). The molecule has 2 aromatic carbocycles. The molecule has 2 N–H and O–H groups in total. The number of hydrogen-bond acceptors (Lipinski definition) is 2. The van der Waals surface area contributed by atoms with Crippen molar-refractivity contribution in [2.24, 2.45) is 0 Å². The molecule has 0 unspecified atom stereocenters. The van der Waals surface area contributed by atoms with Crippen molar-refractivity contribution in [3.63, 3.8) is 0 Å². The summed E-state index contributed by atoms with van der Waals surface area (Å²) in [7, 11) is 0. The van der Waals surface area contributed by atoms with E-state index in [4.69, 9.17) is 0 Å². The molecule has 0 saturated carbocycles. The summed E-state index contributed by atoms with van der Waals surface area (Å²) < 4.78 is 53.6. The molecule has 24 heavy (non-hydrogen) atoms. The van der Waals surface area contributed by atoms with Gasteiger partial charge in [0.25, 0.3) is 11.8 Å². The maximum atomic E-state index is 14.2. The largest absolute Gasteiger partial charge is 0.322 e. The monoisotopic (exact) mass is 340 g/mol. The molecule has 0 aromatic heterocycles. The molecule has 0 heterocycles. The van der Waals surface area contributed by atoms with Gasteiger partial charge in [-0.25, -0.2) is 8.78 Å². The Balaban J connectivity index is 2.28. The summed E-state index contributed by atoms with van der Waals surface area (Å²) in [6.45, 7) is 0.291. The van der Waals surface area contributed by atoms with Crippen LogP contribution in [-0.4, -0.2) is 17.7 Å². The smallest absolute Gasteiger partial charge is 0.319 e. The fraction of sp³-hybridized carbons (Fsp3) is 0.125. The molecule has 0 spiro atoms. The second-order valence-electron chi connectivity index (χ2n) is 4.95. The zero-order chi connectivity index (χ0) is 17.9. The quantitative estimate of drug-likeness (QED) is 0.832. The highest BCUT2D eigenvalue weighted by Crippen LogP contribution is 2.27. The lowest BCUT2D eigenvalue weighted by molar-refractivity contribution is -0.137. The molecule has 0 aliphatic rings. The predicted molar refractivity (Wildman–Crippen MR) is 80.0 cm³/mol. The van der Waals surface area contributed by atoms with E-state index in [2.05, 4.69) is 5.32 Å². The minimum absolute atomic E-state index is 0.215. The number of halogens is 4.